The third-order valence-electron chi connectivity index (χ3n) is 5.18. The summed E-state index contributed by atoms with van der Waals surface area (Å²) < 4.78 is 29.5. The number of nitrogens with two attached hydrogens (primary N) is 1. The average molecular weight is 403 g/mol. The Morgan fingerprint density at radius 1 is 1.31 bits per heavy atom. The van der Waals surface area contributed by atoms with Gasteiger partial charge in [-0.2, -0.15) is 8.78 Å². The van der Waals surface area contributed by atoms with Crippen LogP contribution in [0.25, 0.3) is 0 Å². The number of hydrogen-bond donors (Lipinski definition) is 3. The number of ether oxygens (including phenoxy) is 1. The topological polar surface area (TPSA) is 116 Å². The molecular weight excluding hydrogens is 380 g/mol. The van der Waals surface area contributed by atoms with Gasteiger partial charge in [-0.25, -0.2) is 0 Å². The fraction of sp³-hybridized carbons (Fsp3) is 0.400. The molecule has 7 nitrogen and oxygen atoms in total. The lowest BCUT2D eigenvalue weighted by molar-refractivity contribution is 0.0633. The standard InChI is InChI=1S/C20H23F2N5O2/c21-17(22)19(25)29-18(24)12-6-7-13-11-27(20(28)14(13)10-12)16-5-2-1-4-15(16)26-9-3-8-23/h3,6-10,15-17,24-25H,1-2,4-5,11,23H2/t15-,16+/m1/s1. The number of allylic oxidation sites excluding steroid dienone is 1. The first-order valence-electron chi connectivity index (χ1n) is 9.39. The molecule has 1 aromatic rings. The molecule has 154 valence electrons. The quantitative estimate of drug-likeness (QED) is 0.518. The van der Waals surface area contributed by atoms with E-state index in [9.17, 15) is 13.6 Å². The number of hydrogen-bond acceptors (Lipinski definition) is 6. The maximum absolute atomic E-state index is 13.0. The van der Waals surface area contributed by atoms with Crippen LogP contribution in [-0.2, 0) is 11.3 Å². The zero-order valence-electron chi connectivity index (χ0n) is 15.8. The molecule has 1 amide bonds. The molecule has 0 bridgehead atoms. The molecule has 1 heterocycles. The van der Waals surface area contributed by atoms with Crippen LogP contribution in [0.2, 0.25) is 0 Å². The molecule has 2 aliphatic rings. The van der Waals surface area contributed by atoms with Crippen molar-refractivity contribution >= 4 is 23.9 Å². The molecule has 1 fully saturated rings. The molecule has 0 radical (unpaired) electrons. The van der Waals surface area contributed by atoms with Crippen molar-refractivity contribution in [1.29, 1.82) is 10.8 Å². The van der Waals surface area contributed by atoms with E-state index in [1.807, 2.05) is 0 Å². The Kier molecular flexibility index (Phi) is 6.36. The Hall–Kier alpha value is -3.10. The van der Waals surface area contributed by atoms with Gasteiger partial charge >= 0.3 is 6.43 Å². The second kappa shape index (κ2) is 8.93. The van der Waals surface area contributed by atoms with Crippen molar-refractivity contribution in [1.82, 2.24) is 4.90 Å². The third-order valence-corrected chi connectivity index (χ3v) is 5.18. The fourth-order valence-electron chi connectivity index (χ4n) is 3.79. The lowest BCUT2D eigenvalue weighted by atomic mass is 9.89. The molecule has 0 aromatic heterocycles. The maximum atomic E-state index is 13.0. The molecule has 0 saturated heterocycles. The summed E-state index contributed by atoms with van der Waals surface area (Å²) in [5.74, 6) is -2.05. The van der Waals surface area contributed by atoms with Gasteiger partial charge in [0.25, 0.3) is 11.8 Å². The number of rotatable bonds is 5. The second-order valence-corrected chi connectivity index (χ2v) is 7.00. The van der Waals surface area contributed by atoms with Gasteiger partial charge in [0.15, 0.2) is 0 Å². The van der Waals surface area contributed by atoms with E-state index in [2.05, 4.69) is 9.73 Å². The van der Waals surface area contributed by atoms with Gasteiger partial charge in [-0.05, 0) is 42.8 Å². The smallest absolute Gasteiger partial charge is 0.312 e. The van der Waals surface area contributed by atoms with Crippen LogP contribution >= 0.6 is 0 Å². The highest BCUT2D eigenvalue weighted by Gasteiger charge is 2.38. The number of alkyl halides is 2. The minimum absolute atomic E-state index is 0.00849. The number of carbonyl (C=O) groups excluding carboxylic acids is 1. The zero-order valence-corrected chi connectivity index (χ0v) is 15.8. The molecule has 0 unspecified atom stereocenters. The lowest BCUT2D eigenvalue weighted by Gasteiger charge is -2.35. The molecule has 2 atom stereocenters. The van der Waals surface area contributed by atoms with Crippen LogP contribution in [0.15, 0.2) is 35.5 Å². The first kappa shape index (κ1) is 20.6. The summed E-state index contributed by atoms with van der Waals surface area (Å²) in [7, 11) is 0. The predicted molar refractivity (Wildman–Crippen MR) is 106 cm³/mol. The summed E-state index contributed by atoms with van der Waals surface area (Å²) in [6.07, 6.45) is 5.43. The summed E-state index contributed by atoms with van der Waals surface area (Å²) in [4.78, 5) is 19.4. The van der Waals surface area contributed by atoms with Crippen LogP contribution in [-0.4, -0.2) is 47.3 Å². The minimum Gasteiger partial charge on any atom is -0.419 e. The Morgan fingerprint density at radius 3 is 2.79 bits per heavy atom. The summed E-state index contributed by atoms with van der Waals surface area (Å²) in [5.41, 5.74) is 6.76. The molecular formula is C20H23F2N5O2. The predicted octanol–water partition coefficient (Wildman–Crippen LogP) is 3.08. The van der Waals surface area contributed by atoms with E-state index in [0.717, 1.165) is 31.2 Å². The van der Waals surface area contributed by atoms with E-state index in [0.29, 0.717) is 12.1 Å². The zero-order chi connectivity index (χ0) is 21.0. The van der Waals surface area contributed by atoms with E-state index in [1.54, 1.807) is 29.3 Å². The summed E-state index contributed by atoms with van der Waals surface area (Å²) in [6, 6.07) is 4.67. The van der Waals surface area contributed by atoms with Gasteiger partial charge in [-0.1, -0.05) is 18.9 Å². The number of nitrogens with zero attached hydrogens (tertiary/aromatic N) is 2. The number of aliphatic imine (C=N–C) groups is 1. The summed E-state index contributed by atoms with van der Waals surface area (Å²) in [6.45, 7) is 0.443. The van der Waals surface area contributed by atoms with E-state index >= 15 is 0 Å². The molecule has 29 heavy (non-hydrogen) atoms. The van der Waals surface area contributed by atoms with Gasteiger partial charge in [0.05, 0.1) is 12.1 Å². The number of halogens is 2. The molecule has 1 aliphatic heterocycles. The molecule has 1 aliphatic carbocycles. The summed E-state index contributed by atoms with van der Waals surface area (Å²) >= 11 is 0. The Balaban J connectivity index is 1.78. The molecule has 4 N–H and O–H groups in total. The van der Waals surface area contributed by atoms with Crippen LogP contribution in [0.4, 0.5) is 8.78 Å². The van der Waals surface area contributed by atoms with Crippen molar-refractivity contribution in [2.24, 2.45) is 10.7 Å². The monoisotopic (exact) mass is 403 g/mol. The number of benzene rings is 1. The van der Waals surface area contributed by atoms with Gasteiger partial charge < -0.3 is 15.4 Å². The minimum atomic E-state index is -3.10. The fourth-order valence-corrected chi connectivity index (χ4v) is 3.79. The van der Waals surface area contributed by atoms with Crippen LogP contribution < -0.4 is 5.73 Å². The highest BCUT2D eigenvalue weighted by molar-refractivity contribution is 6.04. The number of amides is 1. The Labute approximate surface area is 167 Å². The van der Waals surface area contributed by atoms with Gasteiger partial charge in [0.2, 0.25) is 5.90 Å². The Bertz CT molecular complexity index is 868. The van der Waals surface area contributed by atoms with Crippen molar-refractivity contribution in [3.63, 3.8) is 0 Å². The molecule has 9 heteroatoms. The van der Waals surface area contributed by atoms with E-state index in [1.165, 1.54) is 12.3 Å². The molecule has 3 rings (SSSR count). The summed E-state index contributed by atoms with van der Waals surface area (Å²) in [5, 5.41) is 14.9. The van der Waals surface area contributed by atoms with Gasteiger partial charge in [0, 0.05) is 23.9 Å². The normalized spacial score (nSPS) is 21.9. The van der Waals surface area contributed by atoms with E-state index < -0.39 is 18.2 Å². The van der Waals surface area contributed by atoms with E-state index in [-0.39, 0.29) is 23.6 Å². The highest BCUT2D eigenvalue weighted by Crippen LogP contribution is 2.33. The van der Waals surface area contributed by atoms with Crippen molar-refractivity contribution in [3.05, 3.63) is 47.2 Å². The molecule has 1 aromatic carbocycles. The average Bonchev–Trinajstić information content (AvgIpc) is 3.04. The van der Waals surface area contributed by atoms with Crippen molar-refractivity contribution in [2.75, 3.05) is 0 Å². The number of nitrogens with one attached hydrogen (secondary N) is 2. The highest BCUT2D eigenvalue weighted by atomic mass is 19.3. The number of carbonyl (C=O) groups is 1. The third kappa shape index (κ3) is 4.49. The largest absolute Gasteiger partial charge is 0.419 e. The van der Waals surface area contributed by atoms with Gasteiger partial charge in [-0.15, -0.1) is 0 Å². The first-order chi connectivity index (χ1) is 13.9. The van der Waals surface area contributed by atoms with Crippen LogP contribution in [0.3, 0.4) is 0 Å². The van der Waals surface area contributed by atoms with Crippen molar-refractivity contribution in [3.8, 4) is 0 Å². The maximum Gasteiger partial charge on any atom is 0.312 e. The second-order valence-electron chi connectivity index (χ2n) is 7.00. The van der Waals surface area contributed by atoms with Gasteiger partial charge in [0.1, 0.15) is 0 Å². The Morgan fingerprint density at radius 2 is 2.07 bits per heavy atom. The van der Waals surface area contributed by atoms with Crippen LogP contribution in [0.1, 0.15) is 47.2 Å². The van der Waals surface area contributed by atoms with Crippen molar-refractivity contribution < 1.29 is 18.3 Å². The van der Waals surface area contributed by atoms with Crippen LogP contribution in [0.5, 0.6) is 0 Å². The SMILES string of the molecule is N=C(OC(=N)C(F)F)c1ccc2c(c1)C(=O)N([C@H]1CCCC[C@H]1N=CC=CN)C2. The lowest BCUT2D eigenvalue weighted by Crippen LogP contribution is -2.44. The molecule has 1 saturated carbocycles. The van der Waals surface area contributed by atoms with E-state index in [4.69, 9.17) is 16.6 Å². The first-order valence-corrected chi connectivity index (χ1v) is 9.39. The number of fused-ring (bicyclic) bond motifs is 1. The van der Waals surface area contributed by atoms with Crippen LogP contribution in [0, 0.1) is 10.8 Å². The van der Waals surface area contributed by atoms with Gasteiger partial charge in [-0.3, -0.25) is 20.6 Å². The van der Waals surface area contributed by atoms with Crippen molar-refractivity contribution in [2.45, 2.75) is 50.7 Å². The molecule has 0 spiro atoms.